The van der Waals surface area contributed by atoms with Gasteiger partial charge in [0.05, 0.1) is 11.1 Å². The summed E-state index contributed by atoms with van der Waals surface area (Å²) in [5.41, 5.74) is 1.57. The molecule has 0 radical (unpaired) electrons. The second kappa shape index (κ2) is 7.16. The monoisotopic (exact) mass is 341 g/mol. The summed E-state index contributed by atoms with van der Waals surface area (Å²) >= 11 is 0. The number of carbonyl (C=O) groups excluding carboxylic acids is 1. The van der Waals surface area contributed by atoms with Gasteiger partial charge in [-0.05, 0) is 12.1 Å². The lowest BCUT2D eigenvalue weighted by molar-refractivity contribution is -0.384. The van der Waals surface area contributed by atoms with E-state index < -0.39 is 0 Å². The molecule has 8 nitrogen and oxygen atoms in total. The van der Waals surface area contributed by atoms with Gasteiger partial charge in [0.1, 0.15) is 5.69 Å². The van der Waals surface area contributed by atoms with Crippen LogP contribution < -0.4 is 4.90 Å². The summed E-state index contributed by atoms with van der Waals surface area (Å²) in [6.07, 6.45) is 6.80. The number of carbonyl (C=O) groups is 1. The van der Waals surface area contributed by atoms with Gasteiger partial charge in [-0.15, -0.1) is 0 Å². The minimum absolute atomic E-state index is 0.0638. The van der Waals surface area contributed by atoms with E-state index in [-0.39, 0.29) is 16.5 Å². The third kappa shape index (κ3) is 3.85. The zero-order chi connectivity index (χ0) is 17.8. The molecule has 0 atom stereocenters. The third-order valence-corrected chi connectivity index (χ3v) is 4.15. The summed E-state index contributed by atoms with van der Waals surface area (Å²) in [6.45, 7) is 2.19. The Labute approximate surface area is 145 Å². The Morgan fingerprint density at radius 1 is 1.24 bits per heavy atom. The minimum Gasteiger partial charge on any atom is -0.362 e. The number of piperazine rings is 1. The van der Waals surface area contributed by atoms with E-state index in [0.29, 0.717) is 31.9 Å². The summed E-state index contributed by atoms with van der Waals surface area (Å²) < 4.78 is 1.68. The topological polar surface area (TPSA) is 84.5 Å². The number of aryl methyl sites for hydroxylation is 1. The van der Waals surface area contributed by atoms with Crippen LogP contribution in [0, 0.1) is 10.1 Å². The van der Waals surface area contributed by atoms with Gasteiger partial charge in [-0.1, -0.05) is 12.1 Å². The summed E-state index contributed by atoms with van der Waals surface area (Å²) in [5, 5.41) is 15.2. The van der Waals surface area contributed by atoms with E-state index >= 15 is 0 Å². The first-order chi connectivity index (χ1) is 12.0. The Kier molecular flexibility index (Phi) is 4.78. The molecule has 0 spiro atoms. The summed E-state index contributed by atoms with van der Waals surface area (Å²) in [5.74, 6) is -0.0638. The van der Waals surface area contributed by atoms with E-state index in [0.717, 1.165) is 5.56 Å². The quantitative estimate of drug-likeness (QED) is 0.480. The molecule has 1 aromatic carbocycles. The van der Waals surface area contributed by atoms with Crippen LogP contribution in [0.2, 0.25) is 0 Å². The van der Waals surface area contributed by atoms with Crippen LogP contribution in [0.15, 0.2) is 42.7 Å². The van der Waals surface area contributed by atoms with Crippen molar-refractivity contribution in [2.75, 3.05) is 31.1 Å². The maximum atomic E-state index is 12.3. The first-order valence-corrected chi connectivity index (χ1v) is 7.98. The molecule has 0 bridgehead atoms. The smallest absolute Gasteiger partial charge is 0.292 e. The van der Waals surface area contributed by atoms with E-state index in [1.165, 1.54) is 12.1 Å². The van der Waals surface area contributed by atoms with Gasteiger partial charge in [0.2, 0.25) is 5.91 Å². The first-order valence-electron chi connectivity index (χ1n) is 7.98. The fraction of sp³-hybridized carbons (Fsp3) is 0.294. The summed E-state index contributed by atoms with van der Waals surface area (Å²) in [4.78, 5) is 26.8. The lowest BCUT2D eigenvalue weighted by Crippen LogP contribution is -2.48. The normalized spacial score (nSPS) is 14.9. The van der Waals surface area contributed by atoms with Crippen LogP contribution in [0.1, 0.15) is 5.56 Å². The van der Waals surface area contributed by atoms with Gasteiger partial charge >= 0.3 is 0 Å². The molecule has 8 heteroatoms. The Bertz CT molecular complexity index is 806. The molecule has 0 saturated carbocycles. The molecular weight excluding hydrogens is 322 g/mol. The SMILES string of the molecule is Cn1cc(C=CC(=O)N2CCN(c3ccccc3[N+](=O)[O-])CC2)cn1. The highest BCUT2D eigenvalue weighted by Crippen LogP contribution is 2.28. The van der Waals surface area contributed by atoms with Gasteiger partial charge in [0, 0.05) is 57.1 Å². The van der Waals surface area contributed by atoms with Crippen molar-refractivity contribution in [1.29, 1.82) is 0 Å². The highest BCUT2D eigenvalue weighted by atomic mass is 16.6. The molecule has 2 heterocycles. The van der Waals surface area contributed by atoms with E-state index in [1.807, 2.05) is 18.1 Å². The van der Waals surface area contributed by atoms with Gasteiger partial charge in [-0.2, -0.15) is 5.10 Å². The van der Waals surface area contributed by atoms with Crippen molar-refractivity contribution >= 4 is 23.4 Å². The van der Waals surface area contributed by atoms with Gasteiger partial charge in [0.15, 0.2) is 0 Å². The molecule has 130 valence electrons. The second-order valence-electron chi connectivity index (χ2n) is 5.84. The molecule has 2 aromatic rings. The van der Waals surface area contributed by atoms with Crippen molar-refractivity contribution in [3.8, 4) is 0 Å². The Hall–Kier alpha value is -3.16. The number of para-hydroxylation sites is 2. The van der Waals surface area contributed by atoms with Crippen LogP contribution in [0.4, 0.5) is 11.4 Å². The number of rotatable bonds is 4. The van der Waals surface area contributed by atoms with E-state index in [4.69, 9.17) is 0 Å². The number of amides is 1. The third-order valence-electron chi connectivity index (χ3n) is 4.15. The number of nitrogens with zero attached hydrogens (tertiary/aromatic N) is 5. The lowest BCUT2D eigenvalue weighted by Gasteiger charge is -2.35. The predicted octanol–water partition coefficient (Wildman–Crippen LogP) is 1.69. The molecule has 1 aliphatic rings. The lowest BCUT2D eigenvalue weighted by atomic mass is 10.2. The maximum absolute atomic E-state index is 12.3. The van der Waals surface area contributed by atoms with Crippen molar-refractivity contribution in [1.82, 2.24) is 14.7 Å². The molecule has 1 fully saturated rings. The molecule has 25 heavy (non-hydrogen) atoms. The van der Waals surface area contributed by atoms with E-state index in [9.17, 15) is 14.9 Å². The van der Waals surface area contributed by atoms with Crippen LogP contribution in [0.3, 0.4) is 0 Å². The zero-order valence-corrected chi connectivity index (χ0v) is 13.9. The Balaban J connectivity index is 1.61. The van der Waals surface area contributed by atoms with Gasteiger partial charge in [-0.3, -0.25) is 19.6 Å². The molecule has 0 N–H and O–H groups in total. The van der Waals surface area contributed by atoms with Gasteiger partial charge < -0.3 is 9.80 Å². The van der Waals surface area contributed by atoms with Crippen LogP contribution in [0.5, 0.6) is 0 Å². The largest absolute Gasteiger partial charge is 0.362 e. The fourth-order valence-electron chi connectivity index (χ4n) is 2.85. The van der Waals surface area contributed by atoms with Gasteiger partial charge in [-0.25, -0.2) is 0 Å². The summed E-state index contributed by atoms with van der Waals surface area (Å²) in [6, 6.07) is 6.70. The van der Waals surface area contributed by atoms with Crippen LogP contribution >= 0.6 is 0 Å². The molecule has 1 amide bonds. The van der Waals surface area contributed by atoms with Crippen molar-refractivity contribution in [3.63, 3.8) is 0 Å². The van der Waals surface area contributed by atoms with Crippen LogP contribution in [-0.2, 0) is 11.8 Å². The Morgan fingerprint density at radius 3 is 2.60 bits per heavy atom. The number of aromatic nitrogens is 2. The number of nitro groups is 1. The van der Waals surface area contributed by atoms with E-state index in [1.54, 1.807) is 40.1 Å². The molecule has 0 unspecified atom stereocenters. The van der Waals surface area contributed by atoms with Gasteiger partial charge in [0.25, 0.3) is 5.69 Å². The highest BCUT2D eigenvalue weighted by Gasteiger charge is 2.24. The molecule has 0 aliphatic carbocycles. The summed E-state index contributed by atoms with van der Waals surface area (Å²) in [7, 11) is 1.82. The Morgan fingerprint density at radius 2 is 1.96 bits per heavy atom. The van der Waals surface area contributed by atoms with Crippen LogP contribution in [-0.4, -0.2) is 51.7 Å². The minimum atomic E-state index is -0.372. The molecule has 3 rings (SSSR count). The number of anilines is 1. The van der Waals surface area contributed by atoms with E-state index in [2.05, 4.69) is 5.10 Å². The van der Waals surface area contributed by atoms with Crippen molar-refractivity contribution < 1.29 is 9.72 Å². The molecule has 1 aliphatic heterocycles. The average molecular weight is 341 g/mol. The van der Waals surface area contributed by atoms with Crippen LogP contribution in [0.25, 0.3) is 6.08 Å². The number of hydrogen-bond donors (Lipinski definition) is 0. The molecular formula is C17H19N5O3. The average Bonchev–Trinajstić information content (AvgIpc) is 3.05. The highest BCUT2D eigenvalue weighted by molar-refractivity contribution is 5.91. The number of benzene rings is 1. The predicted molar refractivity (Wildman–Crippen MR) is 94.1 cm³/mol. The van der Waals surface area contributed by atoms with Crippen molar-refractivity contribution in [2.45, 2.75) is 0 Å². The van der Waals surface area contributed by atoms with Crippen molar-refractivity contribution in [2.24, 2.45) is 7.05 Å². The standard InChI is InChI=1S/C17H19N5O3/c1-19-13-14(12-18-19)6-7-17(23)21-10-8-20(9-11-21)15-4-2-3-5-16(15)22(24)25/h2-7,12-13H,8-11H2,1H3. The molecule has 1 aromatic heterocycles. The fourth-order valence-corrected chi connectivity index (χ4v) is 2.85. The maximum Gasteiger partial charge on any atom is 0.292 e. The number of hydrogen-bond acceptors (Lipinski definition) is 5. The first kappa shape index (κ1) is 16.7. The second-order valence-corrected chi connectivity index (χ2v) is 5.84. The molecule has 1 saturated heterocycles. The zero-order valence-electron chi connectivity index (χ0n) is 13.9. The number of nitro benzene ring substituents is 1. The van der Waals surface area contributed by atoms with Crippen molar-refractivity contribution in [3.05, 3.63) is 58.4 Å².